The summed E-state index contributed by atoms with van der Waals surface area (Å²) in [7, 11) is 0. The van der Waals surface area contributed by atoms with Crippen LogP contribution in [0.4, 0.5) is 0 Å². The topological polar surface area (TPSA) is 288 Å². The predicted molar refractivity (Wildman–Crippen MR) is 205 cm³/mol. The number of nitrogens with two attached hydrogens (primary N) is 3. The van der Waals surface area contributed by atoms with Gasteiger partial charge in [-0.3, -0.25) is 29.4 Å². The van der Waals surface area contributed by atoms with Crippen molar-refractivity contribution in [1.82, 2.24) is 31.5 Å². The first-order valence-electron chi connectivity index (χ1n) is 18.9. The highest BCUT2D eigenvalue weighted by atomic mass is 16.4. The Morgan fingerprint density at radius 1 is 0.870 bits per heavy atom. The number of nitrogens with one attached hydrogen (secondary N) is 6. The van der Waals surface area contributed by atoms with Crippen molar-refractivity contribution in [2.24, 2.45) is 29.0 Å². The Labute approximate surface area is 318 Å². The highest BCUT2D eigenvalue weighted by Crippen LogP contribution is 2.21. The fourth-order valence-electron chi connectivity index (χ4n) is 6.28. The number of carbonyl (C=O) groups excluding carboxylic acids is 5. The zero-order valence-electron chi connectivity index (χ0n) is 32.1. The van der Waals surface area contributed by atoms with Crippen molar-refractivity contribution in [2.75, 3.05) is 19.6 Å². The SMILES string of the molecule is CC(C)C[C@H](NC(=O)[C@@H](NC(=O)[C@H](CCCNC(=N)N)NC(=O)[C@@H]1CCCN1C(=O)[C@H](Cc1ccccc1)NC(=O)[C@@H](N)CCCCN)C(C)C)C(=O)O. The van der Waals surface area contributed by atoms with E-state index in [1.54, 1.807) is 13.8 Å². The molecular formula is C37H62N10O7. The standard InChI is InChI=1S/C37H62N10O7/c1-22(2)20-28(36(53)54)45-34(51)30(23(3)4)46-32(49)26(15-10-18-42-37(40)41)43-33(50)29-16-11-19-47(29)35(52)27(21-24-12-6-5-7-13-24)44-31(48)25(39)14-8-9-17-38/h5-7,12-13,22-23,25-30H,8-11,14-21,38-39H2,1-4H3,(H,43,50)(H,44,48)(H,45,51)(H,46,49)(H,53,54)(H4,40,41,42)/t25-,26-,27-,28-,29-,30-/m0/s1. The molecule has 6 atom stereocenters. The lowest BCUT2D eigenvalue weighted by Gasteiger charge is -2.31. The van der Waals surface area contributed by atoms with Gasteiger partial charge >= 0.3 is 5.97 Å². The maximum Gasteiger partial charge on any atom is 0.326 e. The molecule has 0 unspecified atom stereocenters. The summed E-state index contributed by atoms with van der Waals surface area (Å²) in [5, 5.41) is 30.6. The summed E-state index contributed by atoms with van der Waals surface area (Å²) >= 11 is 0. The van der Waals surface area contributed by atoms with Crippen LogP contribution in [-0.2, 0) is 35.2 Å². The second-order valence-electron chi connectivity index (χ2n) is 14.6. The Morgan fingerprint density at radius 2 is 1.54 bits per heavy atom. The van der Waals surface area contributed by atoms with Crippen molar-refractivity contribution < 1.29 is 33.9 Å². The summed E-state index contributed by atoms with van der Waals surface area (Å²) in [6, 6.07) is 2.92. The van der Waals surface area contributed by atoms with Crippen LogP contribution in [-0.4, -0.2) is 107 Å². The molecule has 17 heteroatoms. The lowest BCUT2D eigenvalue weighted by atomic mass is 9.99. The van der Waals surface area contributed by atoms with Crippen LogP contribution in [0.15, 0.2) is 30.3 Å². The number of carboxylic acids is 1. The van der Waals surface area contributed by atoms with Crippen molar-refractivity contribution in [3.05, 3.63) is 35.9 Å². The third-order valence-electron chi connectivity index (χ3n) is 9.23. The Bertz CT molecular complexity index is 1410. The number of guanidine groups is 1. The molecule has 1 aromatic carbocycles. The number of aliphatic carboxylic acids is 1. The van der Waals surface area contributed by atoms with E-state index in [1.807, 2.05) is 44.2 Å². The molecule has 13 N–H and O–H groups in total. The van der Waals surface area contributed by atoms with Gasteiger partial charge in [0.25, 0.3) is 0 Å². The van der Waals surface area contributed by atoms with Gasteiger partial charge in [0, 0.05) is 19.5 Å². The van der Waals surface area contributed by atoms with Gasteiger partial charge in [0.05, 0.1) is 6.04 Å². The van der Waals surface area contributed by atoms with Gasteiger partial charge in [0.15, 0.2) is 5.96 Å². The van der Waals surface area contributed by atoms with Crippen LogP contribution in [0.5, 0.6) is 0 Å². The van der Waals surface area contributed by atoms with Gasteiger partial charge in [-0.2, -0.15) is 0 Å². The predicted octanol–water partition coefficient (Wildman–Crippen LogP) is -0.334. The van der Waals surface area contributed by atoms with Crippen LogP contribution in [0.1, 0.15) is 84.6 Å². The number of unbranched alkanes of at least 4 members (excludes halogenated alkanes) is 1. The molecule has 1 heterocycles. The zero-order valence-corrected chi connectivity index (χ0v) is 32.1. The molecule has 0 aliphatic carbocycles. The van der Waals surface area contributed by atoms with Crippen molar-refractivity contribution in [3.8, 4) is 0 Å². The number of likely N-dealkylation sites (tertiary alicyclic amines) is 1. The second-order valence-corrected chi connectivity index (χ2v) is 14.6. The molecule has 0 aromatic heterocycles. The number of carboxylic acid groups (broad SMARTS) is 1. The van der Waals surface area contributed by atoms with Crippen LogP contribution in [0.25, 0.3) is 0 Å². The van der Waals surface area contributed by atoms with E-state index in [0.717, 1.165) is 5.56 Å². The number of hydrogen-bond donors (Lipinski definition) is 10. The molecule has 1 saturated heterocycles. The van der Waals surface area contributed by atoms with Gasteiger partial charge < -0.3 is 53.8 Å². The lowest BCUT2D eigenvalue weighted by molar-refractivity contribution is -0.143. The normalized spacial score (nSPS) is 16.8. The fourth-order valence-corrected chi connectivity index (χ4v) is 6.28. The molecule has 0 saturated carbocycles. The largest absolute Gasteiger partial charge is 0.480 e. The first-order chi connectivity index (χ1) is 25.5. The summed E-state index contributed by atoms with van der Waals surface area (Å²) in [6.45, 7) is 8.01. The van der Waals surface area contributed by atoms with Crippen LogP contribution >= 0.6 is 0 Å². The molecular weight excluding hydrogens is 696 g/mol. The van der Waals surface area contributed by atoms with Crippen molar-refractivity contribution in [2.45, 2.75) is 122 Å². The average Bonchev–Trinajstić information content (AvgIpc) is 3.61. The van der Waals surface area contributed by atoms with Crippen molar-refractivity contribution in [1.29, 1.82) is 5.41 Å². The maximum atomic E-state index is 14.1. The molecule has 1 aliphatic heterocycles. The molecule has 17 nitrogen and oxygen atoms in total. The maximum absolute atomic E-state index is 14.1. The molecule has 2 rings (SSSR count). The molecule has 1 fully saturated rings. The van der Waals surface area contributed by atoms with Crippen LogP contribution in [0, 0.1) is 17.2 Å². The first-order valence-corrected chi connectivity index (χ1v) is 18.9. The second kappa shape index (κ2) is 23.1. The molecule has 1 aromatic rings. The van der Waals surface area contributed by atoms with E-state index < -0.39 is 77.7 Å². The Hall–Kier alpha value is -4.77. The Morgan fingerprint density at radius 3 is 2.13 bits per heavy atom. The molecule has 302 valence electrons. The minimum atomic E-state index is -1.19. The van der Waals surface area contributed by atoms with Gasteiger partial charge in [0.2, 0.25) is 29.5 Å². The third-order valence-corrected chi connectivity index (χ3v) is 9.23. The molecule has 0 spiro atoms. The minimum Gasteiger partial charge on any atom is -0.480 e. The van der Waals surface area contributed by atoms with E-state index >= 15 is 0 Å². The van der Waals surface area contributed by atoms with Gasteiger partial charge in [0.1, 0.15) is 30.2 Å². The number of hydrogen-bond acceptors (Lipinski definition) is 9. The number of rotatable bonds is 23. The van der Waals surface area contributed by atoms with Crippen LogP contribution < -0.4 is 43.8 Å². The van der Waals surface area contributed by atoms with Crippen molar-refractivity contribution in [3.63, 3.8) is 0 Å². The van der Waals surface area contributed by atoms with E-state index in [4.69, 9.17) is 22.6 Å². The highest BCUT2D eigenvalue weighted by molar-refractivity contribution is 5.96. The summed E-state index contributed by atoms with van der Waals surface area (Å²) in [5.41, 5.74) is 17.9. The molecule has 1 aliphatic rings. The molecule has 54 heavy (non-hydrogen) atoms. The molecule has 0 radical (unpaired) electrons. The summed E-state index contributed by atoms with van der Waals surface area (Å²) < 4.78 is 0. The van der Waals surface area contributed by atoms with E-state index in [9.17, 15) is 33.9 Å². The summed E-state index contributed by atoms with van der Waals surface area (Å²) in [5.74, 6) is -4.80. The lowest BCUT2D eigenvalue weighted by Crippen LogP contribution is -2.60. The van der Waals surface area contributed by atoms with Gasteiger partial charge in [-0.15, -0.1) is 0 Å². The van der Waals surface area contributed by atoms with Crippen LogP contribution in [0.3, 0.4) is 0 Å². The van der Waals surface area contributed by atoms with E-state index in [2.05, 4.69) is 26.6 Å². The van der Waals surface area contributed by atoms with Crippen LogP contribution in [0.2, 0.25) is 0 Å². The average molecular weight is 759 g/mol. The van der Waals surface area contributed by atoms with E-state index in [-0.39, 0.29) is 44.2 Å². The Kier molecular flexibility index (Phi) is 19.4. The van der Waals surface area contributed by atoms with Gasteiger partial charge in [-0.1, -0.05) is 64.4 Å². The monoisotopic (exact) mass is 758 g/mol. The zero-order chi connectivity index (χ0) is 40.4. The molecule has 5 amide bonds. The third kappa shape index (κ3) is 15.3. The number of carbonyl (C=O) groups is 6. The number of benzene rings is 1. The molecule has 0 bridgehead atoms. The summed E-state index contributed by atoms with van der Waals surface area (Å²) in [6.07, 6.45) is 3.32. The summed E-state index contributed by atoms with van der Waals surface area (Å²) in [4.78, 5) is 81.5. The van der Waals surface area contributed by atoms with Crippen molar-refractivity contribution >= 4 is 41.5 Å². The van der Waals surface area contributed by atoms with Gasteiger partial charge in [-0.25, -0.2) is 4.79 Å². The van der Waals surface area contributed by atoms with Gasteiger partial charge in [-0.05, 0) is 68.9 Å². The number of amides is 5. The van der Waals surface area contributed by atoms with E-state index in [1.165, 1.54) is 4.90 Å². The fraction of sp³-hybridized carbons (Fsp3) is 0.649. The smallest absolute Gasteiger partial charge is 0.326 e. The minimum absolute atomic E-state index is 0.0161. The number of nitrogens with zero attached hydrogens (tertiary/aromatic N) is 1. The Balaban J connectivity index is 2.29. The highest BCUT2D eigenvalue weighted by Gasteiger charge is 2.40. The first kappa shape index (κ1) is 45.4. The van der Waals surface area contributed by atoms with E-state index in [0.29, 0.717) is 45.1 Å². The quantitative estimate of drug-likeness (QED) is 0.0392.